The van der Waals surface area contributed by atoms with Crippen LogP contribution in [0.25, 0.3) is 0 Å². The molecule has 0 bridgehead atoms. The van der Waals surface area contributed by atoms with Crippen LogP contribution in [0, 0.1) is 0 Å². The minimum absolute atomic E-state index is 0.181. The molecule has 2 aromatic carbocycles. The van der Waals surface area contributed by atoms with Crippen molar-refractivity contribution in [3.8, 4) is 0 Å². The van der Waals surface area contributed by atoms with E-state index in [9.17, 15) is 27.2 Å². The van der Waals surface area contributed by atoms with E-state index in [2.05, 4.69) is 26.0 Å². The molecule has 11 heteroatoms. The van der Waals surface area contributed by atoms with Gasteiger partial charge in [-0.2, -0.15) is 28.6 Å². The number of aryl methyl sites for hydroxylation is 1. The summed E-state index contributed by atoms with van der Waals surface area (Å²) in [6.07, 6.45) is -3.40. The largest absolute Gasteiger partial charge is 0.416 e. The third-order valence-electron chi connectivity index (χ3n) is 5.94. The third-order valence-corrected chi connectivity index (χ3v) is 5.94. The second-order valence-corrected chi connectivity index (χ2v) is 8.36. The van der Waals surface area contributed by atoms with Gasteiger partial charge in [0.05, 0.1) is 29.5 Å². The first-order valence-electron chi connectivity index (χ1n) is 11.1. The van der Waals surface area contributed by atoms with Gasteiger partial charge in [0.2, 0.25) is 12.1 Å². The minimum Gasteiger partial charge on any atom is -0.348 e. The molecule has 184 valence electrons. The summed E-state index contributed by atoms with van der Waals surface area (Å²) in [5.41, 5.74) is 1.38. The van der Waals surface area contributed by atoms with Crippen LogP contribution in [0.1, 0.15) is 53.0 Å². The molecule has 0 spiro atoms. The van der Waals surface area contributed by atoms with Crippen LogP contribution in [-0.4, -0.2) is 33.3 Å². The number of nitrogens with zero attached hydrogens (tertiary/aromatic N) is 2. The van der Waals surface area contributed by atoms with Crippen molar-refractivity contribution in [3.63, 3.8) is 0 Å². The lowest BCUT2D eigenvalue weighted by Crippen LogP contribution is -2.45. The average molecular weight is 489 g/mol. The molecule has 1 heterocycles. The van der Waals surface area contributed by atoms with Crippen molar-refractivity contribution in [2.45, 2.75) is 50.1 Å². The number of fused-ring (bicyclic) bond motifs is 1. The van der Waals surface area contributed by atoms with Crippen LogP contribution in [-0.2, 0) is 28.6 Å². The molecule has 0 aliphatic heterocycles. The highest BCUT2D eigenvalue weighted by Gasteiger charge is 2.36. The Bertz CT molecular complexity index is 1170. The molecule has 0 radical (unpaired) electrons. The maximum absolute atomic E-state index is 14.8. The van der Waals surface area contributed by atoms with Crippen LogP contribution in [0.3, 0.4) is 0 Å². The molecule has 3 N–H and O–H groups in total. The smallest absolute Gasteiger partial charge is 0.348 e. The van der Waals surface area contributed by atoms with Crippen molar-refractivity contribution < 1.29 is 27.2 Å². The van der Waals surface area contributed by atoms with Gasteiger partial charge in [-0.15, -0.1) is 0 Å². The molecule has 1 aliphatic rings. The van der Waals surface area contributed by atoms with Gasteiger partial charge < -0.3 is 10.6 Å². The van der Waals surface area contributed by atoms with Gasteiger partial charge in [-0.25, -0.2) is 4.39 Å². The fourth-order valence-electron chi connectivity index (χ4n) is 4.18. The summed E-state index contributed by atoms with van der Waals surface area (Å²) in [5.74, 6) is -1.21. The Morgan fingerprint density at radius 2 is 1.83 bits per heavy atom. The number of alkyl halides is 4. The van der Waals surface area contributed by atoms with Crippen molar-refractivity contribution >= 4 is 11.8 Å². The zero-order valence-electron chi connectivity index (χ0n) is 18.5. The molecule has 35 heavy (non-hydrogen) atoms. The van der Waals surface area contributed by atoms with Gasteiger partial charge in [0.25, 0.3) is 5.91 Å². The van der Waals surface area contributed by atoms with Crippen LogP contribution < -0.4 is 10.6 Å². The second-order valence-electron chi connectivity index (χ2n) is 8.36. The summed E-state index contributed by atoms with van der Waals surface area (Å²) in [7, 11) is 0. The zero-order valence-corrected chi connectivity index (χ0v) is 18.5. The van der Waals surface area contributed by atoms with Crippen LogP contribution in [0.4, 0.5) is 17.6 Å². The Balaban J connectivity index is 1.40. The predicted molar refractivity (Wildman–Crippen MR) is 118 cm³/mol. The molecule has 3 atom stereocenters. The normalized spacial score (nSPS) is 18.1. The predicted octanol–water partition coefficient (Wildman–Crippen LogP) is 3.76. The van der Waals surface area contributed by atoms with E-state index >= 15 is 0 Å². The summed E-state index contributed by atoms with van der Waals surface area (Å²) in [4.78, 5) is 25.2. The van der Waals surface area contributed by atoms with E-state index in [1.54, 1.807) is 6.20 Å². The van der Waals surface area contributed by atoms with Crippen molar-refractivity contribution in [3.05, 3.63) is 82.7 Å². The van der Waals surface area contributed by atoms with Crippen LogP contribution in [0.5, 0.6) is 0 Å². The van der Waals surface area contributed by atoms with Gasteiger partial charge in [0.15, 0.2) is 0 Å². The van der Waals surface area contributed by atoms with Gasteiger partial charge >= 0.3 is 6.18 Å². The van der Waals surface area contributed by atoms with E-state index in [1.807, 2.05) is 24.3 Å². The summed E-state index contributed by atoms with van der Waals surface area (Å²) in [5, 5.41) is 15.7. The Labute approximate surface area is 198 Å². The Morgan fingerprint density at radius 3 is 2.51 bits per heavy atom. The molecule has 1 aromatic heterocycles. The molecular weight excluding hydrogens is 466 g/mol. The van der Waals surface area contributed by atoms with Gasteiger partial charge in [-0.05, 0) is 48.1 Å². The van der Waals surface area contributed by atoms with Crippen molar-refractivity contribution in [1.82, 2.24) is 26.0 Å². The quantitative estimate of drug-likeness (QED) is 0.420. The summed E-state index contributed by atoms with van der Waals surface area (Å²) >= 11 is 0. The Kier molecular flexibility index (Phi) is 7.13. The van der Waals surface area contributed by atoms with Crippen molar-refractivity contribution in [2.75, 3.05) is 0 Å². The number of carbonyl (C=O) groups is 2. The molecule has 3 aromatic rings. The number of rotatable bonds is 8. The van der Waals surface area contributed by atoms with E-state index in [4.69, 9.17) is 0 Å². The maximum atomic E-state index is 14.8. The lowest BCUT2D eigenvalue weighted by atomic mass is 10.0. The number of hydrogen-bond donors (Lipinski definition) is 3. The SMILES string of the molecule is O=C(CCCc1cn[nH]n1)N[C@@H]1c2ccccc2C[C@H]1NC(=O)C(F)c1ccc(C(F)(F)F)cc1. The molecule has 1 unspecified atom stereocenters. The third kappa shape index (κ3) is 5.84. The van der Waals surface area contributed by atoms with Gasteiger partial charge in [0.1, 0.15) is 0 Å². The van der Waals surface area contributed by atoms with E-state index in [0.29, 0.717) is 19.3 Å². The number of aromatic amines is 1. The number of nitrogens with one attached hydrogen (secondary N) is 3. The highest BCUT2D eigenvalue weighted by atomic mass is 19.4. The first kappa shape index (κ1) is 24.4. The molecule has 1 aliphatic carbocycles. The number of H-pyrrole nitrogens is 1. The minimum atomic E-state index is -4.55. The van der Waals surface area contributed by atoms with Crippen molar-refractivity contribution in [2.24, 2.45) is 0 Å². The topological polar surface area (TPSA) is 99.8 Å². The molecule has 4 rings (SSSR count). The molecule has 0 saturated heterocycles. The second kappa shape index (κ2) is 10.2. The van der Waals surface area contributed by atoms with Gasteiger partial charge in [-0.3, -0.25) is 9.59 Å². The number of carbonyl (C=O) groups excluding carboxylic acids is 2. The summed E-state index contributed by atoms with van der Waals surface area (Å²) in [6.45, 7) is 0. The Hall–Kier alpha value is -3.76. The standard InChI is InChI=1S/C24H23F4N5O2/c25-21(14-8-10-16(11-9-14)24(26,27)28)23(35)30-19-12-15-4-1-2-6-18(15)22(19)31-20(34)7-3-5-17-13-29-33-32-17/h1-2,4,6,8-11,13,19,21-22H,3,5,7,12H2,(H,30,35)(H,31,34)(H,29,32,33)/t19-,21?,22-/m1/s1. The van der Waals surface area contributed by atoms with Crippen molar-refractivity contribution in [1.29, 1.82) is 0 Å². The monoisotopic (exact) mass is 489 g/mol. The number of benzene rings is 2. The zero-order chi connectivity index (χ0) is 25.0. The maximum Gasteiger partial charge on any atom is 0.416 e. The first-order valence-corrected chi connectivity index (χ1v) is 11.1. The molecule has 2 amide bonds. The molecule has 7 nitrogen and oxygen atoms in total. The highest BCUT2D eigenvalue weighted by molar-refractivity contribution is 5.83. The summed E-state index contributed by atoms with van der Waals surface area (Å²) in [6, 6.07) is 9.56. The fourth-order valence-corrected chi connectivity index (χ4v) is 4.18. The van der Waals surface area contributed by atoms with E-state index in [0.717, 1.165) is 41.1 Å². The van der Waals surface area contributed by atoms with Crippen LogP contribution in [0.2, 0.25) is 0 Å². The highest BCUT2D eigenvalue weighted by Crippen LogP contribution is 2.33. The number of amides is 2. The number of halogens is 4. The molecular formula is C24H23F4N5O2. The number of hydrogen-bond acceptors (Lipinski definition) is 4. The van der Waals surface area contributed by atoms with Gasteiger partial charge in [0, 0.05) is 6.42 Å². The first-order chi connectivity index (χ1) is 16.7. The van der Waals surface area contributed by atoms with Crippen LogP contribution in [0.15, 0.2) is 54.7 Å². The molecule has 0 saturated carbocycles. The van der Waals surface area contributed by atoms with Crippen LogP contribution >= 0.6 is 0 Å². The number of aromatic nitrogens is 3. The van der Waals surface area contributed by atoms with E-state index in [1.165, 1.54) is 0 Å². The summed E-state index contributed by atoms with van der Waals surface area (Å²) < 4.78 is 53.1. The Morgan fingerprint density at radius 1 is 1.09 bits per heavy atom. The fraction of sp³-hybridized carbons (Fsp3) is 0.333. The average Bonchev–Trinajstić information content (AvgIpc) is 3.46. The lowest BCUT2D eigenvalue weighted by molar-refractivity contribution is -0.137. The van der Waals surface area contributed by atoms with E-state index < -0.39 is 35.9 Å². The lowest BCUT2D eigenvalue weighted by Gasteiger charge is -2.24. The molecule has 0 fully saturated rings. The van der Waals surface area contributed by atoms with Gasteiger partial charge in [-0.1, -0.05) is 36.4 Å². The van der Waals surface area contributed by atoms with E-state index in [-0.39, 0.29) is 17.9 Å².